The molecule has 0 saturated heterocycles. The third-order valence-electron chi connectivity index (χ3n) is 8.95. The Kier molecular flexibility index (Phi) is 5.85. The number of nitrogens with zero attached hydrogens (tertiary/aromatic N) is 1. The molecule has 9 rings (SSSR count). The van der Waals surface area contributed by atoms with E-state index in [0.717, 1.165) is 55.0 Å². The van der Waals surface area contributed by atoms with E-state index in [1.807, 2.05) is 120 Å². The highest BCUT2D eigenvalue weighted by molar-refractivity contribution is 6.15. The van der Waals surface area contributed by atoms with E-state index < -0.39 is 0 Å². The van der Waals surface area contributed by atoms with Gasteiger partial charge in [-0.15, -0.1) is 0 Å². The SMILES string of the molecule is [2H]c1c([2H])c(N(c2ccc(-c3ccccc3)cc2)c2ccccc2-c2ccc3c(c2)oc2c4ccccc4ccc32)c([2H])c([2H])c1-c1ccccc1. The van der Waals surface area contributed by atoms with Gasteiger partial charge in [0.05, 0.1) is 11.2 Å². The van der Waals surface area contributed by atoms with Gasteiger partial charge in [-0.3, -0.25) is 0 Å². The molecular weight excluding hydrogens is 583 g/mol. The van der Waals surface area contributed by atoms with Crippen LogP contribution in [0.4, 0.5) is 17.1 Å². The third-order valence-corrected chi connectivity index (χ3v) is 8.95. The number of para-hydroxylation sites is 1. The van der Waals surface area contributed by atoms with Gasteiger partial charge in [-0.25, -0.2) is 0 Å². The summed E-state index contributed by atoms with van der Waals surface area (Å²) in [6.07, 6.45) is 0. The van der Waals surface area contributed by atoms with Crippen molar-refractivity contribution in [2.24, 2.45) is 0 Å². The molecule has 0 saturated carbocycles. The molecule has 226 valence electrons. The Labute approximate surface area is 285 Å². The summed E-state index contributed by atoms with van der Waals surface area (Å²) in [7, 11) is 0. The first-order valence-corrected chi connectivity index (χ1v) is 16.0. The van der Waals surface area contributed by atoms with Crippen molar-refractivity contribution < 1.29 is 9.90 Å². The van der Waals surface area contributed by atoms with Crippen LogP contribution in [0.2, 0.25) is 0 Å². The Balaban J connectivity index is 1.26. The minimum absolute atomic E-state index is 0.0958. The first-order chi connectivity index (χ1) is 25.5. The number of hydrogen-bond acceptors (Lipinski definition) is 2. The Bertz CT molecular complexity index is 2750. The Morgan fingerprint density at radius 3 is 1.79 bits per heavy atom. The van der Waals surface area contributed by atoms with E-state index in [9.17, 15) is 2.74 Å². The van der Waals surface area contributed by atoms with Gasteiger partial charge in [0.1, 0.15) is 11.2 Å². The third kappa shape index (κ3) is 4.92. The van der Waals surface area contributed by atoms with Crippen LogP contribution in [-0.4, -0.2) is 0 Å². The van der Waals surface area contributed by atoms with Crippen molar-refractivity contribution >= 4 is 49.8 Å². The van der Waals surface area contributed by atoms with E-state index in [-0.39, 0.29) is 35.4 Å². The fraction of sp³-hybridized carbons (Fsp3) is 0. The second kappa shape index (κ2) is 11.8. The van der Waals surface area contributed by atoms with Crippen LogP contribution in [0.1, 0.15) is 5.48 Å². The molecule has 0 aliphatic rings. The van der Waals surface area contributed by atoms with Crippen LogP contribution in [-0.2, 0) is 0 Å². The summed E-state index contributed by atoms with van der Waals surface area (Å²) in [6.45, 7) is 0. The van der Waals surface area contributed by atoms with Gasteiger partial charge < -0.3 is 9.32 Å². The molecule has 0 spiro atoms. The molecule has 0 N–H and O–H groups in total. The molecule has 0 aliphatic carbocycles. The number of fused-ring (bicyclic) bond motifs is 5. The van der Waals surface area contributed by atoms with Crippen molar-refractivity contribution in [1.29, 1.82) is 0 Å². The van der Waals surface area contributed by atoms with Gasteiger partial charge in [0.25, 0.3) is 0 Å². The molecular formula is C46H31NO. The normalized spacial score (nSPS) is 12.5. The first kappa shape index (κ1) is 23.9. The summed E-state index contributed by atoms with van der Waals surface area (Å²) < 4.78 is 43.7. The zero-order valence-electron chi connectivity index (χ0n) is 29.9. The van der Waals surface area contributed by atoms with Gasteiger partial charge in [-0.1, -0.05) is 139 Å². The number of anilines is 3. The van der Waals surface area contributed by atoms with Crippen LogP contribution in [0.5, 0.6) is 0 Å². The summed E-state index contributed by atoms with van der Waals surface area (Å²) in [5.41, 5.74) is 7.96. The molecule has 0 fully saturated rings. The molecule has 2 nitrogen and oxygen atoms in total. The molecule has 1 heterocycles. The molecule has 2 heteroatoms. The predicted octanol–water partition coefficient (Wildman–Crippen LogP) is 13.2. The number of rotatable bonds is 6. The van der Waals surface area contributed by atoms with Crippen LogP contribution in [0, 0.1) is 0 Å². The largest absolute Gasteiger partial charge is 0.455 e. The molecule has 8 aromatic carbocycles. The monoisotopic (exact) mass is 617 g/mol. The highest BCUT2D eigenvalue weighted by Crippen LogP contribution is 2.43. The molecule has 0 unspecified atom stereocenters. The van der Waals surface area contributed by atoms with Gasteiger partial charge in [0.15, 0.2) is 0 Å². The van der Waals surface area contributed by atoms with Gasteiger partial charge >= 0.3 is 0 Å². The quantitative estimate of drug-likeness (QED) is 0.185. The molecule has 9 aromatic rings. The smallest absolute Gasteiger partial charge is 0.143 e. The standard InChI is InChI=1S/C46H31NO/c1-3-11-32(12-4-1)34-19-25-38(26-20-34)47(39-27-21-35(22-28-39)33-13-5-2-6-14-33)44-18-10-9-16-40(44)37-24-29-42-43-30-23-36-15-7-8-17-41(36)46(43)48-45(42)31-37/h1-31H/i19D,20D,25D,26D. The van der Waals surface area contributed by atoms with E-state index in [2.05, 4.69) is 48.5 Å². The van der Waals surface area contributed by atoms with Crippen molar-refractivity contribution in [2.45, 2.75) is 0 Å². The Hall–Kier alpha value is -6.38. The van der Waals surface area contributed by atoms with Crippen LogP contribution < -0.4 is 4.90 Å². The van der Waals surface area contributed by atoms with Crippen molar-refractivity contribution in [3.8, 4) is 33.4 Å². The molecule has 0 bridgehead atoms. The molecule has 48 heavy (non-hydrogen) atoms. The van der Waals surface area contributed by atoms with Crippen LogP contribution in [0.15, 0.2) is 192 Å². The summed E-state index contributed by atoms with van der Waals surface area (Å²) in [6, 6.07) is 53.4. The maximum Gasteiger partial charge on any atom is 0.143 e. The lowest BCUT2D eigenvalue weighted by molar-refractivity contribution is 0.673. The molecule has 0 atom stereocenters. The maximum absolute atomic E-state index is 9.39. The highest BCUT2D eigenvalue weighted by atomic mass is 16.3. The number of furan rings is 1. The second-order valence-electron chi connectivity index (χ2n) is 11.8. The van der Waals surface area contributed by atoms with Gasteiger partial charge in [0.2, 0.25) is 0 Å². The van der Waals surface area contributed by atoms with Crippen LogP contribution in [0.3, 0.4) is 0 Å². The lowest BCUT2D eigenvalue weighted by Gasteiger charge is -2.28. The molecule has 1 aromatic heterocycles. The fourth-order valence-corrected chi connectivity index (χ4v) is 6.57. The summed E-state index contributed by atoms with van der Waals surface area (Å²) in [5, 5.41) is 4.25. The van der Waals surface area contributed by atoms with Gasteiger partial charge in [-0.2, -0.15) is 0 Å². The zero-order valence-corrected chi connectivity index (χ0v) is 25.9. The summed E-state index contributed by atoms with van der Waals surface area (Å²) >= 11 is 0. The first-order valence-electron chi connectivity index (χ1n) is 18.0. The van der Waals surface area contributed by atoms with E-state index >= 15 is 0 Å². The fourth-order valence-electron chi connectivity index (χ4n) is 6.57. The van der Waals surface area contributed by atoms with E-state index in [1.54, 1.807) is 0 Å². The number of hydrogen-bond donors (Lipinski definition) is 0. The highest BCUT2D eigenvalue weighted by Gasteiger charge is 2.19. The van der Waals surface area contributed by atoms with E-state index in [0.29, 0.717) is 16.9 Å². The predicted molar refractivity (Wildman–Crippen MR) is 202 cm³/mol. The summed E-state index contributed by atoms with van der Waals surface area (Å²) in [4.78, 5) is 1.86. The number of benzene rings is 8. The minimum Gasteiger partial charge on any atom is -0.455 e. The van der Waals surface area contributed by atoms with E-state index in [4.69, 9.17) is 7.16 Å². The van der Waals surface area contributed by atoms with Crippen molar-refractivity contribution in [2.75, 3.05) is 4.90 Å². The molecule has 0 amide bonds. The maximum atomic E-state index is 9.39. The minimum atomic E-state index is -0.124. The molecule has 0 aliphatic heterocycles. The average Bonchev–Trinajstić information content (AvgIpc) is 3.58. The Morgan fingerprint density at radius 2 is 1.02 bits per heavy atom. The van der Waals surface area contributed by atoms with E-state index in [1.165, 1.54) is 0 Å². The second-order valence-corrected chi connectivity index (χ2v) is 11.8. The van der Waals surface area contributed by atoms with Crippen molar-refractivity contribution in [1.82, 2.24) is 0 Å². The van der Waals surface area contributed by atoms with Crippen LogP contribution >= 0.6 is 0 Å². The lowest BCUT2D eigenvalue weighted by Crippen LogP contribution is -2.11. The van der Waals surface area contributed by atoms with Gasteiger partial charge in [0, 0.05) is 33.1 Å². The van der Waals surface area contributed by atoms with Gasteiger partial charge in [-0.05, 0) is 81.7 Å². The average molecular weight is 618 g/mol. The lowest BCUT2D eigenvalue weighted by atomic mass is 9.99. The van der Waals surface area contributed by atoms with Crippen molar-refractivity contribution in [3.63, 3.8) is 0 Å². The zero-order chi connectivity index (χ0) is 35.3. The Morgan fingerprint density at radius 1 is 0.417 bits per heavy atom. The van der Waals surface area contributed by atoms with Crippen molar-refractivity contribution in [3.05, 3.63) is 188 Å². The molecule has 0 radical (unpaired) electrons. The van der Waals surface area contributed by atoms with Crippen LogP contribution in [0.25, 0.3) is 66.1 Å². The summed E-state index contributed by atoms with van der Waals surface area (Å²) in [5.74, 6) is 0. The topological polar surface area (TPSA) is 16.4 Å².